The monoisotopic (exact) mass is 296 g/mol. The summed E-state index contributed by atoms with van der Waals surface area (Å²) in [5.74, 6) is 1.31. The standard InChI is InChI=1S/C17H32N2O2/c1-13(2)19-10-11-21-16(12-19)8-9-18-17(20)15-6-4-14(3)5-7-15/h13-16H,4-12H2,1-3H3,(H,18,20)/t14?,15?,16-/m0/s1. The Balaban J connectivity index is 1.63. The SMILES string of the molecule is CC1CCC(C(=O)NCC[C@H]2CN(C(C)C)CCO2)CC1. The molecule has 1 N–H and O–H groups in total. The molecule has 1 aliphatic carbocycles. The lowest BCUT2D eigenvalue weighted by Crippen LogP contribution is -2.46. The molecule has 2 fully saturated rings. The number of carbonyl (C=O) groups excluding carboxylic acids is 1. The zero-order chi connectivity index (χ0) is 15.2. The molecule has 122 valence electrons. The van der Waals surface area contributed by atoms with Crippen LogP contribution in [-0.4, -0.2) is 49.2 Å². The van der Waals surface area contributed by atoms with Crippen LogP contribution in [0.1, 0.15) is 52.9 Å². The van der Waals surface area contributed by atoms with E-state index < -0.39 is 0 Å². The van der Waals surface area contributed by atoms with Crippen molar-refractivity contribution in [2.45, 2.75) is 65.0 Å². The molecule has 0 aromatic rings. The molecule has 0 aromatic carbocycles. The Morgan fingerprint density at radius 2 is 2.00 bits per heavy atom. The first-order valence-corrected chi connectivity index (χ1v) is 8.69. The molecular weight excluding hydrogens is 264 g/mol. The summed E-state index contributed by atoms with van der Waals surface area (Å²) >= 11 is 0. The van der Waals surface area contributed by atoms with Crippen molar-refractivity contribution in [3.63, 3.8) is 0 Å². The molecule has 0 spiro atoms. The zero-order valence-corrected chi connectivity index (χ0v) is 13.9. The third-order valence-electron chi connectivity index (χ3n) is 5.05. The largest absolute Gasteiger partial charge is 0.375 e. The highest BCUT2D eigenvalue weighted by Gasteiger charge is 2.25. The van der Waals surface area contributed by atoms with Gasteiger partial charge in [0.05, 0.1) is 12.7 Å². The van der Waals surface area contributed by atoms with Crippen LogP contribution in [0.25, 0.3) is 0 Å². The predicted octanol–water partition coefficient (Wildman–Crippen LogP) is 2.43. The average Bonchev–Trinajstić information content (AvgIpc) is 2.48. The predicted molar refractivity (Wildman–Crippen MR) is 85.2 cm³/mol. The lowest BCUT2D eigenvalue weighted by molar-refractivity contribution is -0.126. The maximum Gasteiger partial charge on any atom is 0.223 e. The Morgan fingerprint density at radius 1 is 1.29 bits per heavy atom. The van der Waals surface area contributed by atoms with Crippen LogP contribution >= 0.6 is 0 Å². The molecule has 1 heterocycles. The number of rotatable bonds is 5. The summed E-state index contributed by atoms with van der Waals surface area (Å²) in [6.45, 7) is 10.3. The van der Waals surface area contributed by atoms with Gasteiger partial charge in [0, 0.05) is 31.6 Å². The van der Waals surface area contributed by atoms with Gasteiger partial charge in [-0.3, -0.25) is 9.69 Å². The number of carbonyl (C=O) groups is 1. The van der Waals surface area contributed by atoms with Crippen molar-refractivity contribution >= 4 is 5.91 Å². The molecule has 1 saturated heterocycles. The molecule has 1 amide bonds. The third-order valence-corrected chi connectivity index (χ3v) is 5.05. The van der Waals surface area contributed by atoms with Crippen molar-refractivity contribution in [2.75, 3.05) is 26.2 Å². The molecule has 2 aliphatic rings. The summed E-state index contributed by atoms with van der Waals surface area (Å²) in [6, 6.07) is 0.579. The number of hydrogen-bond donors (Lipinski definition) is 1. The highest BCUT2D eigenvalue weighted by Crippen LogP contribution is 2.28. The summed E-state index contributed by atoms with van der Waals surface area (Å²) in [5, 5.41) is 3.12. The summed E-state index contributed by atoms with van der Waals surface area (Å²) in [7, 11) is 0. The quantitative estimate of drug-likeness (QED) is 0.847. The second-order valence-electron chi connectivity index (χ2n) is 7.12. The van der Waals surface area contributed by atoms with Crippen LogP contribution in [0.2, 0.25) is 0 Å². The molecule has 2 rings (SSSR count). The molecule has 0 aromatic heterocycles. The summed E-state index contributed by atoms with van der Waals surface area (Å²) in [5.41, 5.74) is 0. The van der Waals surface area contributed by atoms with Gasteiger partial charge < -0.3 is 10.1 Å². The van der Waals surface area contributed by atoms with Gasteiger partial charge >= 0.3 is 0 Å². The van der Waals surface area contributed by atoms with E-state index in [2.05, 4.69) is 31.0 Å². The molecule has 0 bridgehead atoms. The fraction of sp³-hybridized carbons (Fsp3) is 0.941. The smallest absolute Gasteiger partial charge is 0.223 e. The minimum absolute atomic E-state index is 0.251. The Hall–Kier alpha value is -0.610. The Labute approximate surface area is 129 Å². The molecule has 4 nitrogen and oxygen atoms in total. The van der Waals surface area contributed by atoms with E-state index in [1.807, 2.05) is 0 Å². The molecule has 1 aliphatic heterocycles. The molecule has 0 radical (unpaired) electrons. The van der Waals surface area contributed by atoms with Gasteiger partial charge in [-0.15, -0.1) is 0 Å². The van der Waals surface area contributed by atoms with E-state index >= 15 is 0 Å². The van der Waals surface area contributed by atoms with E-state index in [1.165, 1.54) is 12.8 Å². The molecule has 21 heavy (non-hydrogen) atoms. The molecule has 1 saturated carbocycles. The Morgan fingerprint density at radius 3 is 2.67 bits per heavy atom. The van der Waals surface area contributed by atoms with Gasteiger partial charge in [0.25, 0.3) is 0 Å². The van der Waals surface area contributed by atoms with Gasteiger partial charge in [0.15, 0.2) is 0 Å². The molecule has 0 unspecified atom stereocenters. The number of nitrogens with zero attached hydrogens (tertiary/aromatic N) is 1. The van der Waals surface area contributed by atoms with Crippen molar-refractivity contribution < 1.29 is 9.53 Å². The van der Waals surface area contributed by atoms with Gasteiger partial charge in [-0.2, -0.15) is 0 Å². The number of amides is 1. The first-order valence-electron chi connectivity index (χ1n) is 8.69. The molecule has 4 heteroatoms. The maximum absolute atomic E-state index is 12.2. The summed E-state index contributed by atoms with van der Waals surface area (Å²) in [4.78, 5) is 14.6. The van der Waals surface area contributed by atoms with E-state index in [0.29, 0.717) is 6.04 Å². The van der Waals surface area contributed by atoms with Crippen molar-refractivity contribution in [3.05, 3.63) is 0 Å². The minimum atomic E-state index is 0.251. The lowest BCUT2D eigenvalue weighted by atomic mass is 9.82. The number of hydrogen-bond acceptors (Lipinski definition) is 3. The fourth-order valence-corrected chi connectivity index (χ4v) is 3.41. The van der Waals surface area contributed by atoms with Crippen LogP contribution in [0.4, 0.5) is 0 Å². The van der Waals surface area contributed by atoms with Crippen LogP contribution in [0.3, 0.4) is 0 Å². The van der Waals surface area contributed by atoms with Crippen molar-refractivity contribution in [3.8, 4) is 0 Å². The van der Waals surface area contributed by atoms with Gasteiger partial charge in [-0.25, -0.2) is 0 Å². The van der Waals surface area contributed by atoms with Gasteiger partial charge in [0.2, 0.25) is 5.91 Å². The average molecular weight is 296 g/mol. The van der Waals surface area contributed by atoms with Crippen molar-refractivity contribution in [2.24, 2.45) is 11.8 Å². The van der Waals surface area contributed by atoms with Crippen LogP contribution in [0.15, 0.2) is 0 Å². The molecule has 1 atom stereocenters. The van der Waals surface area contributed by atoms with E-state index in [1.54, 1.807) is 0 Å². The normalized spacial score (nSPS) is 31.3. The topological polar surface area (TPSA) is 41.6 Å². The first kappa shape index (κ1) is 16.8. The second kappa shape index (κ2) is 8.14. The third kappa shape index (κ3) is 5.26. The van der Waals surface area contributed by atoms with E-state index in [4.69, 9.17) is 4.74 Å². The fourth-order valence-electron chi connectivity index (χ4n) is 3.41. The van der Waals surface area contributed by atoms with Gasteiger partial charge in [-0.05, 0) is 51.9 Å². The highest BCUT2D eigenvalue weighted by molar-refractivity contribution is 5.78. The lowest BCUT2D eigenvalue weighted by Gasteiger charge is -2.35. The minimum Gasteiger partial charge on any atom is -0.375 e. The van der Waals surface area contributed by atoms with Crippen molar-refractivity contribution in [1.29, 1.82) is 0 Å². The number of morpholine rings is 1. The van der Waals surface area contributed by atoms with Crippen LogP contribution < -0.4 is 5.32 Å². The zero-order valence-electron chi connectivity index (χ0n) is 13.9. The van der Waals surface area contributed by atoms with Crippen LogP contribution in [0, 0.1) is 11.8 Å². The number of nitrogens with one attached hydrogen (secondary N) is 1. The maximum atomic E-state index is 12.2. The summed E-state index contributed by atoms with van der Waals surface area (Å²) < 4.78 is 5.81. The first-order chi connectivity index (χ1) is 10.1. The van der Waals surface area contributed by atoms with Crippen LogP contribution in [0.5, 0.6) is 0 Å². The Kier molecular flexibility index (Phi) is 6.49. The molecular formula is C17H32N2O2. The van der Waals surface area contributed by atoms with E-state index in [9.17, 15) is 4.79 Å². The summed E-state index contributed by atoms with van der Waals surface area (Å²) in [6.07, 6.45) is 5.73. The second-order valence-corrected chi connectivity index (χ2v) is 7.12. The highest BCUT2D eigenvalue weighted by atomic mass is 16.5. The van der Waals surface area contributed by atoms with Crippen molar-refractivity contribution in [1.82, 2.24) is 10.2 Å². The number of ether oxygens (including phenoxy) is 1. The van der Waals surface area contributed by atoms with E-state index in [0.717, 1.165) is 51.4 Å². The van der Waals surface area contributed by atoms with E-state index in [-0.39, 0.29) is 17.9 Å². The van der Waals surface area contributed by atoms with Gasteiger partial charge in [-0.1, -0.05) is 6.92 Å². The Bertz CT molecular complexity index is 325. The van der Waals surface area contributed by atoms with Gasteiger partial charge in [0.1, 0.15) is 0 Å². The van der Waals surface area contributed by atoms with Crippen LogP contribution in [-0.2, 0) is 9.53 Å².